The van der Waals surface area contributed by atoms with Crippen molar-refractivity contribution in [2.75, 3.05) is 26.2 Å². The van der Waals surface area contributed by atoms with Crippen LogP contribution in [0.25, 0.3) is 0 Å². The van der Waals surface area contributed by atoms with Crippen molar-refractivity contribution in [3.05, 3.63) is 82.5 Å². The molecule has 0 saturated carbocycles. The maximum atomic E-state index is 13.2. The number of hydrogen-bond acceptors (Lipinski definition) is 6. The molecule has 0 aliphatic carbocycles. The summed E-state index contributed by atoms with van der Waals surface area (Å²) in [5, 5.41) is 9.59. The van der Waals surface area contributed by atoms with Gasteiger partial charge in [-0.15, -0.1) is 0 Å². The van der Waals surface area contributed by atoms with Gasteiger partial charge in [-0.05, 0) is 42.8 Å². The number of amides is 1. The Hall–Kier alpha value is -3.56. The molecule has 0 radical (unpaired) electrons. The highest BCUT2D eigenvalue weighted by Crippen LogP contribution is 2.31. The number of carboxylic acid groups (broad SMARTS) is 1. The molecule has 1 aromatic heterocycles. The summed E-state index contributed by atoms with van der Waals surface area (Å²) in [6.45, 7) is 4.34. The van der Waals surface area contributed by atoms with E-state index in [0.717, 1.165) is 5.56 Å². The molecule has 4 rings (SSSR count). The molecule has 10 heteroatoms. The molecule has 36 heavy (non-hydrogen) atoms. The van der Waals surface area contributed by atoms with E-state index in [0.29, 0.717) is 42.5 Å². The number of benzene rings is 2. The lowest BCUT2D eigenvalue weighted by Crippen LogP contribution is -2.54. The summed E-state index contributed by atoms with van der Waals surface area (Å²) in [6, 6.07) is 12.7. The van der Waals surface area contributed by atoms with Crippen molar-refractivity contribution in [3.8, 4) is 11.5 Å². The third-order valence-corrected chi connectivity index (χ3v) is 6.17. The highest BCUT2D eigenvalue weighted by Gasteiger charge is 2.28. The van der Waals surface area contributed by atoms with E-state index in [4.69, 9.17) is 25.5 Å². The first-order chi connectivity index (χ1) is 17.3. The fourth-order valence-electron chi connectivity index (χ4n) is 4.12. The molecule has 1 aliphatic rings. The second kappa shape index (κ2) is 11.5. The van der Waals surface area contributed by atoms with Crippen LogP contribution in [0, 0.1) is 5.82 Å². The van der Waals surface area contributed by atoms with Crippen LogP contribution < -0.4 is 9.47 Å². The van der Waals surface area contributed by atoms with Crippen LogP contribution in [0.2, 0.25) is 5.02 Å². The Balaban J connectivity index is 1.32. The first-order valence-electron chi connectivity index (χ1n) is 11.4. The number of hydrogen-bond donors (Lipinski definition) is 1. The molecule has 8 nitrogen and oxygen atoms in total. The van der Waals surface area contributed by atoms with Gasteiger partial charge in [0.2, 0.25) is 5.76 Å². The van der Waals surface area contributed by atoms with E-state index in [9.17, 15) is 19.1 Å². The Morgan fingerprint density at radius 2 is 1.89 bits per heavy atom. The van der Waals surface area contributed by atoms with Gasteiger partial charge < -0.3 is 23.9 Å². The number of piperazine rings is 1. The monoisotopic (exact) mass is 516 g/mol. The van der Waals surface area contributed by atoms with E-state index >= 15 is 0 Å². The van der Waals surface area contributed by atoms with E-state index in [2.05, 4.69) is 4.90 Å². The SMILES string of the molecule is C[C@@H]1CN(Cc2ccc(F)cc2)CCN1C(=O)COc1ccc(Cl)cc1OCc1ccoc1C(=O)O. The van der Waals surface area contributed by atoms with Crippen LogP contribution in [0.3, 0.4) is 0 Å². The molecule has 1 atom stereocenters. The lowest BCUT2D eigenvalue weighted by molar-refractivity contribution is -0.138. The van der Waals surface area contributed by atoms with Crippen LogP contribution in [0.4, 0.5) is 4.39 Å². The zero-order chi connectivity index (χ0) is 25.7. The molecule has 1 fully saturated rings. The van der Waals surface area contributed by atoms with Crippen LogP contribution in [0.15, 0.2) is 59.2 Å². The van der Waals surface area contributed by atoms with Gasteiger partial charge >= 0.3 is 5.97 Å². The Labute approximate surface area is 212 Å². The molecule has 3 aromatic rings. The van der Waals surface area contributed by atoms with Gasteiger partial charge in [-0.25, -0.2) is 9.18 Å². The number of carboxylic acids is 1. The van der Waals surface area contributed by atoms with Crippen LogP contribution in [0.5, 0.6) is 11.5 Å². The summed E-state index contributed by atoms with van der Waals surface area (Å²) in [6.07, 6.45) is 1.27. The smallest absolute Gasteiger partial charge is 0.372 e. The molecule has 0 spiro atoms. The number of halogens is 2. The fraction of sp³-hybridized carbons (Fsp3) is 0.308. The van der Waals surface area contributed by atoms with Crippen molar-refractivity contribution in [2.45, 2.75) is 26.1 Å². The minimum Gasteiger partial charge on any atom is -0.485 e. The average molecular weight is 517 g/mol. The van der Waals surface area contributed by atoms with Crippen LogP contribution in [-0.2, 0) is 17.9 Å². The standard InChI is InChI=1S/C26H26ClFN2O6/c1-17-13-29(14-18-2-5-21(28)6-3-18)9-10-30(17)24(31)16-36-22-7-4-20(27)12-23(22)35-15-19-8-11-34-25(19)26(32)33/h2-8,11-12,17H,9-10,13-16H2,1H3,(H,32,33)/t17-/m1/s1. The number of aromatic carboxylic acids is 1. The average Bonchev–Trinajstić information content (AvgIpc) is 3.32. The Kier molecular flexibility index (Phi) is 8.12. The molecule has 190 valence electrons. The summed E-state index contributed by atoms with van der Waals surface area (Å²) in [4.78, 5) is 28.2. The van der Waals surface area contributed by atoms with Crippen molar-refractivity contribution in [1.29, 1.82) is 0 Å². The Morgan fingerprint density at radius 1 is 1.11 bits per heavy atom. The molecule has 1 aliphatic heterocycles. The van der Waals surface area contributed by atoms with Crippen molar-refractivity contribution in [1.82, 2.24) is 9.80 Å². The number of ether oxygens (including phenoxy) is 2. The summed E-state index contributed by atoms with van der Waals surface area (Å²) in [5.41, 5.74) is 1.38. The van der Waals surface area contributed by atoms with Gasteiger partial charge in [0.05, 0.1) is 6.26 Å². The van der Waals surface area contributed by atoms with E-state index in [1.807, 2.05) is 6.92 Å². The van der Waals surface area contributed by atoms with Gasteiger partial charge in [-0.3, -0.25) is 9.69 Å². The molecule has 2 heterocycles. The number of carbonyl (C=O) groups excluding carboxylic acids is 1. The normalized spacial score (nSPS) is 16.1. The van der Waals surface area contributed by atoms with E-state index in [1.54, 1.807) is 35.2 Å². The predicted octanol–water partition coefficient (Wildman–Crippen LogP) is 4.46. The zero-order valence-corrected chi connectivity index (χ0v) is 20.4. The number of nitrogens with zero attached hydrogens (tertiary/aromatic N) is 2. The number of rotatable bonds is 9. The Morgan fingerprint density at radius 3 is 2.61 bits per heavy atom. The lowest BCUT2D eigenvalue weighted by Gasteiger charge is -2.39. The summed E-state index contributed by atoms with van der Waals surface area (Å²) < 4.78 is 29.6. The number of carbonyl (C=O) groups is 2. The first-order valence-corrected chi connectivity index (χ1v) is 11.8. The van der Waals surface area contributed by atoms with Crippen molar-refractivity contribution < 1.29 is 33.0 Å². The second-order valence-corrected chi connectivity index (χ2v) is 8.98. The molecule has 1 N–H and O–H groups in total. The molecule has 0 unspecified atom stereocenters. The number of furan rings is 1. The highest BCUT2D eigenvalue weighted by atomic mass is 35.5. The van der Waals surface area contributed by atoms with E-state index < -0.39 is 5.97 Å². The van der Waals surface area contributed by atoms with Crippen LogP contribution in [0.1, 0.15) is 28.6 Å². The summed E-state index contributed by atoms with van der Waals surface area (Å²) in [5.74, 6) is -1.22. The van der Waals surface area contributed by atoms with Gasteiger partial charge in [0, 0.05) is 48.9 Å². The largest absolute Gasteiger partial charge is 0.485 e. The van der Waals surface area contributed by atoms with Gasteiger partial charge in [-0.1, -0.05) is 23.7 Å². The summed E-state index contributed by atoms with van der Waals surface area (Å²) in [7, 11) is 0. The summed E-state index contributed by atoms with van der Waals surface area (Å²) >= 11 is 6.10. The lowest BCUT2D eigenvalue weighted by atomic mass is 10.1. The molecule has 0 bridgehead atoms. The van der Waals surface area contributed by atoms with E-state index in [-0.39, 0.29) is 42.5 Å². The highest BCUT2D eigenvalue weighted by molar-refractivity contribution is 6.30. The molecule has 1 amide bonds. The van der Waals surface area contributed by atoms with Gasteiger partial charge in [0.15, 0.2) is 18.1 Å². The van der Waals surface area contributed by atoms with Crippen molar-refractivity contribution in [2.24, 2.45) is 0 Å². The van der Waals surface area contributed by atoms with Crippen molar-refractivity contribution >= 4 is 23.5 Å². The minimum absolute atomic E-state index is 0.0215. The quantitative estimate of drug-likeness (QED) is 0.449. The zero-order valence-electron chi connectivity index (χ0n) is 19.7. The molecular weight excluding hydrogens is 491 g/mol. The molecule has 1 saturated heterocycles. The van der Waals surface area contributed by atoms with Crippen molar-refractivity contribution in [3.63, 3.8) is 0 Å². The molecule has 2 aromatic carbocycles. The van der Waals surface area contributed by atoms with Crippen LogP contribution in [-0.4, -0.2) is 59.1 Å². The van der Waals surface area contributed by atoms with Gasteiger partial charge in [0.1, 0.15) is 12.4 Å². The maximum Gasteiger partial charge on any atom is 0.372 e. The fourth-order valence-corrected chi connectivity index (χ4v) is 4.29. The van der Waals surface area contributed by atoms with Crippen LogP contribution >= 0.6 is 11.6 Å². The maximum absolute atomic E-state index is 13.2. The topological polar surface area (TPSA) is 92.5 Å². The van der Waals surface area contributed by atoms with E-state index in [1.165, 1.54) is 24.5 Å². The third kappa shape index (κ3) is 6.35. The van der Waals surface area contributed by atoms with Gasteiger partial charge in [0.25, 0.3) is 5.91 Å². The first kappa shape index (κ1) is 25.5. The predicted molar refractivity (Wildman–Crippen MR) is 130 cm³/mol. The molecular formula is C26H26ClFN2O6. The third-order valence-electron chi connectivity index (χ3n) is 5.93. The minimum atomic E-state index is -1.20. The van der Waals surface area contributed by atoms with Gasteiger partial charge in [-0.2, -0.15) is 0 Å². The Bertz CT molecular complexity index is 1220. The second-order valence-electron chi connectivity index (χ2n) is 8.55.